The predicted octanol–water partition coefficient (Wildman–Crippen LogP) is 5.75. The molecular formula is C28H27F2N5O3. The molecule has 1 aliphatic rings. The smallest absolute Gasteiger partial charge is 0.387 e. The van der Waals surface area contributed by atoms with Gasteiger partial charge in [-0.1, -0.05) is 12.1 Å². The third kappa shape index (κ3) is 6.08. The lowest BCUT2D eigenvalue weighted by Crippen LogP contribution is -2.26. The van der Waals surface area contributed by atoms with Crippen LogP contribution in [0.1, 0.15) is 31.2 Å². The van der Waals surface area contributed by atoms with Crippen LogP contribution in [0.4, 0.5) is 20.3 Å². The van der Waals surface area contributed by atoms with Crippen molar-refractivity contribution in [3.05, 3.63) is 66.6 Å². The Hall–Kier alpha value is -4.05. The molecular weight excluding hydrogens is 492 g/mol. The van der Waals surface area contributed by atoms with Gasteiger partial charge in [-0.3, -0.25) is 9.78 Å². The van der Waals surface area contributed by atoms with Crippen LogP contribution in [0, 0.1) is 5.92 Å². The van der Waals surface area contributed by atoms with Crippen LogP contribution in [0.2, 0.25) is 0 Å². The third-order valence-electron chi connectivity index (χ3n) is 6.72. The minimum atomic E-state index is -2.93. The maximum absolute atomic E-state index is 13.1. The van der Waals surface area contributed by atoms with Crippen molar-refractivity contribution in [2.75, 3.05) is 12.4 Å². The number of anilines is 2. The van der Waals surface area contributed by atoms with Crippen LogP contribution in [-0.4, -0.2) is 45.5 Å². The van der Waals surface area contributed by atoms with Crippen LogP contribution in [-0.2, 0) is 16.0 Å². The molecule has 4 aromatic rings. The largest absolute Gasteiger partial charge is 0.435 e. The molecule has 1 fully saturated rings. The predicted molar refractivity (Wildman–Crippen MR) is 138 cm³/mol. The van der Waals surface area contributed by atoms with Crippen LogP contribution >= 0.6 is 0 Å². The number of fused-ring (bicyclic) bond motifs is 1. The molecule has 0 amide bonds. The molecule has 0 saturated heterocycles. The molecule has 0 radical (unpaired) electrons. The maximum Gasteiger partial charge on any atom is 0.387 e. The second-order valence-corrected chi connectivity index (χ2v) is 9.22. The number of aromatic nitrogens is 4. The van der Waals surface area contributed by atoms with E-state index in [1.165, 1.54) is 12.1 Å². The Labute approximate surface area is 218 Å². The fraction of sp³-hybridized carbons (Fsp3) is 0.321. The number of nitrogens with zero attached hydrogens (tertiary/aromatic N) is 4. The summed E-state index contributed by atoms with van der Waals surface area (Å²) >= 11 is 0. The van der Waals surface area contributed by atoms with Crippen LogP contribution in [0.3, 0.4) is 0 Å². The molecule has 38 heavy (non-hydrogen) atoms. The summed E-state index contributed by atoms with van der Waals surface area (Å²) in [6, 6.07) is 11.9. The number of methoxy groups -OCH3 is 1. The first-order valence-corrected chi connectivity index (χ1v) is 12.4. The van der Waals surface area contributed by atoms with E-state index in [9.17, 15) is 13.6 Å². The Balaban J connectivity index is 1.47. The van der Waals surface area contributed by atoms with Gasteiger partial charge in [0.2, 0.25) is 0 Å². The second kappa shape index (κ2) is 11.6. The minimum Gasteiger partial charge on any atom is -0.435 e. The monoisotopic (exact) mass is 519 g/mol. The van der Waals surface area contributed by atoms with Gasteiger partial charge in [-0.15, -0.1) is 0 Å². The Kier molecular flexibility index (Phi) is 7.78. The van der Waals surface area contributed by atoms with Crippen molar-refractivity contribution in [3.8, 4) is 17.3 Å². The van der Waals surface area contributed by atoms with E-state index in [0.717, 1.165) is 31.2 Å². The van der Waals surface area contributed by atoms with Crippen molar-refractivity contribution in [1.82, 2.24) is 19.9 Å². The maximum atomic E-state index is 13.1. The fourth-order valence-electron chi connectivity index (χ4n) is 4.76. The zero-order valence-electron chi connectivity index (χ0n) is 20.8. The van der Waals surface area contributed by atoms with Gasteiger partial charge in [0.15, 0.2) is 5.82 Å². The van der Waals surface area contributed by atoms with E-state index in [4.69, 9.17) is 4.74 Å². The summed E-state index contributed by atoms with van der Waals surface area (Å²) in [6.45, 7) is -2.93. The number of halogens is 2. The lowest BCUT2D eigenvalue weighted by Gasteiger charge is -2.26. The first kappa shape index (κ1) is 25.6. The normalized spacial score (nSPS) is 17.5. The summed E-state index contributed by atoms with van der Waals surface area (Å²) in [6.07, 6.45) is 8.67. The van der Waals surface area contributed by atoms with Gasteiger partial charge < -0.3 is 14.8 Å². The molecule has 2 aromatic carbocycles. The van der Waals surface area contributed by atoms with Crippen molar-refractivity contribution in [2.24, 2.45) is 5.92 Å². The summed E-state index contributed by atoms with van der Waals surface area (Å²) in [5.74, 6) is 1.06. The Morgan fingerprint density at radius 2 is 1.92 bits per heavy atom. The molecule has 1 N–H and O–H groups in total. The van der Waals surface area contributed by atoms with E-state index >= 15 is 0 Å². The van der Waals surface area contributed by atoms with E-state index in [0.29, 0.717) is 40.3 Å². The van der Waals surface area contributed by atoms with Gasteiger partial charge in [0.1, 0.15) is 23.0 Å². The molecule has 0 unspecified atom stereocenters. The van der Waals surface area contributed by atoms with Gasteiger partial charge in [-0.2, -0.15) is 8.78 Å². The van der Waals surface area contributed by atoms with E-state index in [1.807, 2.05) is 18.2 Å². The number of carbonyl (C=O) groups is 1. The van der Waals surface area contributed by atoms with E-state index in [1.54, 1.807) is 37.8 Å². The fourth-order valence-corrected chi connectivity index (χ4v) is 4.76. The lowest BCUT2D eigenvalue weighted by molar-refractivity contribution is -0.123. The van der Waals surface area contributed by atoms with Gasteiger partial charge >= 0.3 is 6.61 Å². The highest BCUT2D eigenvalue weighted by molar-refractivity contribution is 5.93. The number of rotatable bonds is 9. The molecule has 1 aliphatic carbocycles. The molecule has 0 aliphatic heterocycles. The lowest BCUT2D eigenvalue weighted by atomic mass is 9.83. The third-order valence-corrected chi connectivity index (χ3v) is 6.72. The van der Waals surface area contributed by atoms with Crippen molar-refractivity contribution in [2.45, 2.75) is 44.8 Å². The zero-order chi connectivity index (χ0) is 26.5. The van der Waals surface area contributed by atoms with E-state index < -0.39 is 6.61 Å². The van der Waals surface area contributed by atoms with Crippen LogP contribution in [0.5, 0.6) is 5.75 Å². The van der Waals surface area contributed by atoms with Crippen LogP contribution < -0.4 is 10.1 Å². The first-order valence-electron chi connectivity index (χ1n) is 12.4. The van der Waals surface area contributed by atoms with E-state index in [-0.39, 0.29) is 23.6 Å². The van der Waals surface area contributed by atoms with Gasteiger partial charge in [0.05, 0.1) is 17.8 Å². The average Bonchev–Trinajstić information content (AvgIpc) is 2.93. The molecule has 0 bridgehead atoms. The summed E-state index contributed by atoms with van der Waals surface area (Å²) in [7, 11) is 1.72. The highest BCUT2D eigenvalue weighted by atomic mass is 19.3. The standard InChI is InChI=1S/C28H27F2N5O3/c1-37-20-8-6-18(7-9-20)25(36)14-17-5-10-23-22(13-17)26(35-27(34-23)24-16-31-11-12-32-24)33-19-3-2-4-21(15-19)38-28(29)30/h2-5,10-13,15-16,18,20,28H,6-9,14H2,1H3,(H,33,34,35). The van der Waals surface area contributed by atoms with Gasteiger partial charge in [0, 0.05) is 49.0 Å². The molecule has 1 saturated carbocycles. The number of carbonyl (C=O) groups excluding carboxylic acids is 1. The SMILES string of the molecule is COC1CCC(C(=O)Cc2ccc3nc(-c4cnccn4)nc(Nc4cccc(OC(F)F)c4)c3c2)CC1. The number of hydrogen-bond acceptors (Lipinski definition) is 8. The van der Waals surface area contributed by atoms with Crippen molar-refractivity contribution < 1.29 is 23.0 Å². The molecule has 2 heterocycles. The Bertz CT molecular complexity index is 1410. The number of hydrogen-bond donors (Lipinski definition) is 1. The molecule has 5 rings (SSSR count). The highest BCUT2D eigenvalue weighted by Crippen LogP contribution is 2.31. The Morgan fingerprint density at radius 3 is 2.66 bits per heavy atom. The van der Waals surface area contributed by atoms with Crippen molar-refractivity contribution in [3.63, 3.8) is 0 Å². The first-order chi connectivity index (χ1) is 18.5. The molecule has 0 spiro atoms. The molecule has 196 valence electrons. The summed E-state index contributed by atoms with van der Waals surface area (Å²) < 4.78 is 35.4. The molecule has 8 nitrogen and oxygen atoms in total. The number of ketones is 1. The number of benzene rings is 2. The summed E-state index contributed by atoms with van der Waals surface area (Å²) in [4.78, 5) is 30.8. The number of ether oxygens (including phenoxy) is 2. The molecule has 0 atom stereocenters. The topological polar surface area (TPSA) is 99.1 Å². The summed E-state index contributed by atoms with van der Waals surface area (Å²) in [5, 5.41) is 3.89. The quantitative estimate of drug-likeness (QED) is 0.299. The average molecular weight is 520 g/mol. The van der Waals surface area contributed by atoms with Crippen molar-refractivity contribution >= 4 is 28.2 Å². The zero-order valence-corrected chi connectivity index (χ0v) is 20.8. The Morgan fingerprint density at radius 1 is 1.08 bits per heavy atom. The van der Waals surface area contributed by atoms with Gasteiger partial charge in [-0.05, 0) is 55.5 Å². The van der Waals surface area contributed by atoms with Gasteiger partial charge in [-0.25, -0.2) is 15.0 Å². The van der Waals surface area contributed by atoms with Crippen molar-refractivity contribution in [1.29, 1.82) is 0 Å². The minimum absolute atomic E-state index is 0.0204. The number of Topliss-reactive ketones (excluding diaryl/α,β-unsaturated/α-hetero) is 1. The summed E-state index contributed by atoms with van der Waals surface area (Å²) in [5.41, 5.74) is 2.48. The highest BCUT2D eigenvalue weighted by Gasteiger charge is 2.26. The number of alkyl halides is 2. The van der Waals surface area contributed by atoms with Gasteiger partial charge in [0.25, 0.3) is 0 Å². The van der Waals surface area contributed by atoms with Crippen LogP contribution in [0.15, 0.2) is 61.1 Å². The van der Waals surface area contributed by atoms with Crippen LogP contribution in [0.25, 0.3) is 22.4 Å². The van der Waals surface area contributed by atoms with E-state index in [2.05, 4.69) is 30.0 Å². The molecule has 2 aromatic heterocycles. The second-order valence-electron chi connectivity index (χ2n) is 9.22. The molecule has 10 heteroatoms. The number of nitrogens with one attached hydrogen (secondary N) is 1.